The Labute approximate surface area is 181 Å². The Morgan fingerprint density at radius 1 is 1.17 bits per heavy atom. The molecular weight excluding hydrogens is 396 g/mol. The molecule has 1 saturated carbocycles. The van der Waals surface area contributed by atoms with Gasteiger partial charge in [-0.3, -0.25) is 0 Å². The van der Waals surface area contributed by atoms with Crippen LogP contribution in [0, 0.1) is 28.6 Å². The van der Waals surface area contributed by atoms with Gasteiger partial charge in [0, 0.05) is 18.4 Å². The lowest BCUT2D eigenvalue weighted by Gasteiger charge is -2.27. The molecule has 0 unspecified atom stereocenters. The summed E-state index contributed by atoms with van der Waals surface area (Å²) in [6.45, 7) is 0.522. The zero-order chi connectivity index (χ0) is 21.5. The summed E-state index contributed by atoms with van der Waals surface area (Å²) >= 11 is 1.39. The summed E-state index contributed by atoms with van der Waals surface area (Å²) in [5.41, 5.74) is 9.06. The summed E-state index contributed by atoms with van der Waals surface area (Å²) in [6, 6.07) is 12.2. The van der Waals surface area contributed by atoms with Gasteiger partial charge >= 0.3 is 0 Å². The molecule has 1 heterocycles. The molecule has 30 heavy (non-hydrogen) atoms. The molecule has 6 nitrogen and oxygen atoms in total. The van der Waals surface area contributed by atoms with E-state index < -0.39 is 0 Å². The Bertz CT molecular complexity index is 963. The van der Waals surface area contributed by atoms with Crippen molar-refractivity contribution in [2.75, 3.05) is 25.2 Å². The summed E-state index contributed by atoms with van der Waals surface area (Å²) in [5, 5.41) is 30.2. The second-order valence-electron chi connectivity index (χ2n) is 7.50. The van der Waals surface area contributed by atoms with Gasteiger partial charge in [0.2, 0.25) is 0 Å². The van der Waals surface area contributed by atoms with Crippen molar-refractivity contribution in [3.63, 3.8) is 0 Å². The quantitative estimate of drug-likeness (QED) is 0.513. The topological polar surface area (TPSA) is 116 Å². The number of thioether (sulfide) groups is 1. The van der Waals surface area contributed by atoms with Gasteiger partial charge in [-0.2, -0.15) is 10.5 Å². The number of rotatable bonds is 7. The number of aromatic nitrogens is 1. The second kappa shape index (κ2) is 10.4. The summed E-state index contributed by atoms with van der Waals surface area (Å²) in [5.74, 6) is 1.04. The number of aliphatic hydroxyl groups is 1. The van der Waals surface area contributed by atoms with Crippen LogP contribution in [0.15, 0.2) is 29.3 Å². The molecule has 1 aromatic heterocycles. The molecule has 3 N–H and O–H groups in total. The summed E-state index contributed by atoms with van der Waals surface area (Å²) < 4.78 is 5.08. The van der Waals surface area contributed by atoms with Crippen molar-refractivity contribution in [1.29, 1.82) is 10.5 Å². The summed E-state index contributed by atoms with van der Waals surface area (Å²) in [4.78, 5) is 4.29. The number of anilines is 1. The first kappa shape index (κ1) is 22.1. The first-order chi connectivity index (χ1) is 14.6. The van der Waals surface area contributed by atoms with Gasteiger partial charge < -0.3 is 15.6 Å². The Morgan fingerprint density at radius 3 is 2.50 bits per heavy atom. The third-order valence-electron chi connectivity index (χ3n) is 5.55. The van der Waals surface area contributed by atoms with Crippen LogP contribution in [0.25, 0.3) is 11.1 Å². The zero-order valence-electron chi connectivity index (χ0n) is 17.1. The molecule has 2 atom stereocenters. The molecule has 0 bridgehead atoms. The van der Waals surface area contributed by atoms with Crippen LogP contribution in [0.3, 0.4) is 0 Å². The molecule has 7 heteroatoms. The predicted octanol–water partition coefficient (Wildman–Crippen LogP) is 3.91. The highest BCUT2D eigenvalue weighted by Crippen LogP contribution is 2.36. The fraction of sp³-hybridized carbons (Fsp3) is 0.435. The highest BCUT2D eigenvalue weighted by Gasteiger charge is 2.24. The Balaban J connectivity index is 1.93. The van der Waals surface area contributed by atoms with Gasteiger partial charge in [0.1, 0.15) is 28.5 Å². The van der Waals surface area contributed by atoms with Crippen molar-refractivity contribution in [3.8, 4) is 23.3 Å². The van der Waals surface area contributed by atoms with Crippen LogP contribution in [0.2, 0.25) is 0 Å². The Kier molecular flexibility index (Phi) is 7.70. The van der Waals surface area contributed by atoms with E-state index in [2.05, 4.69) is 17.1 Å². The van der Waals surface area contributed by atoms with E-state index in [-0.39, 0.29) is 23.4 Å². The maximum Gasteiger partial charge on any atom is 0.143 e. The lowest BCUT2D eigenvalue weighted by Crippen LogP contribution is -2.26. The van der Waals surface area contributed by atoms with E-state index in [4.69, 9.17) is 10.5 Å². The Hall–Kier alpha value is -2.58. The predicted molar refractivity (Wildman–Crippen MR) is 118 cm³/mol. The van der Waals surface area contributed by atoms with Gasteiger partial charge in [-0.1, -0.05) is 37.1 Å². The molecule has 0 radical (unpaired) electrons. The molecule has 1 aliphatic rings. The van der Waals surface area contributed by atoms with Crippen LogP contribution < -0.4 is 5.73 Å². The van der Waals surface area contributed by atoms with Gasteiger partial charge in [-0.25, -0.2) is 4.98 Å². The van der Waals surface area contributed by atoms with Crippen molar-refractivity contribution in [3.05, 3.63) is 41.0 Å². The van der Waals surface area contributed by atoms with E-state index in [0.29, 0.717) is 28.5 Å². The molecule has 2 aromatic rings. The fourth-order valence-electron chi connectivity index (χ4n) is 3.95. The number of methoxy groups -OCH3 is 1. The molecule has 3 rings (SSSR count). The fourth-order valence-corrected chi connectivity index (χ4v) is 4.85. The van der Waals surface area contributed by atoms with Crippen LogP contribution in [0.5, 0.6) is 0 Å². The average Bonchev–Trinajstić information content (AvgIpc) is 2.76. The highest BCUT2D eigenvalue weighted by atomic mass is 32.2. The molecule has 0 saturated heterocycles. The number of aliphatic hydroxyl groups excluding tert-OH is 1. The lowest BCUT2D eigenvalue weighted by atomic mass is 9.82. The van der Waals surface area contributed by atoms with Crippen LogP contribution in [-0.4, -0.2) is 35.7 Å². The van der Waals surface area contributed by atoms with E-state index in [1.807, 2.05) is 24.3 Å². The number of ether oxygens (including phenoxy) is 1. The van der Waals surface area contributed by atoms with E-state index >= 15 is 0 Å². The maximum atomic E-state index is 10.2. The number of nitrogens with two attached hydrogens (primary N) is 1. The number of pyridine rings is 1. The largest absolute Gasteiger partial charge is 0.393 e. The number of nitrogen functional groups attached to an aromatic ring is 1. The van der Waals surface area contributed by atoms with Gasteiger partial charge in [-0.15, -0.1) is 11.8 Å². The third-order valence-corrected chi connectivity index (χ3v) is 6.49. The van der Waals surface area contributed by atoms with Crippen LogP contribution >= 0.6 is 11.8 Å². The first-order valence-electron chi connectivity index (χ1n) is 10.1. The Morgan fingerprint density at radius 2 is 1.87 bits per heavy atom. The molecule has 0 aliphatic heterocycles. The standard InChI is InChI=1S/C23H26N4O2S/c1-29-10-11-30-23-19(14-25)21(18(13-24)22(26)27-23)16-8-6-15(7-9-16)12-17-4-2-3-5-20(17)28/h6-9,17,20,28H,2-5,10-12H2,1H3,(H2,26,27)/t17-,20+/m1/s1. The molecule has 0 amide bonds. The number of benzene rings is 1. The van der Waals surface area contributed by atoms with E-state index in [1.165, 1.54) is 11.8 Å². The van der Waals surface area contributed by atoms with E-state index in [9.17, 15) is 15.6 Å². The maximum absolute atomic E-state index is 10.2. The SMILES string of the molecule is COCCSc1nc(N)c(C#N)c(-c2ccc(C[C@H]3CCCC[C@@H]3O)cc2)c1C#N. The molecule has 156 valence electrons. The van der Waals surface area contributed by atoms with Crippen LogP contribution in [0.4, 0.5) is 5.82 Å². The normalized spacial score (nSPS) is 18.5. The molecule has 1 fully saturated rings. The van der Waals surface area contributed by atoms with Crippen molar-refractivity contribution in [2.45, 2.75) is 43.2 Å². The monoisotopic (exact) mass is 422 g/mol. The lowest BCUT2D eigenvalue weighted by molar-refractivity contribution is 0.0700. The third kappa shape index (κ3) is 4.94. The van der Waals surface area contributed by atoms with Gasteiger partial charge in [0.05, 0.1) is 18.3 Å². The average molecular weight is 423 g/mol. The van der Waals surface area contributed by atoms with Crippen LogP contribution in [-0.2, 0) is 11.2 Å². The van der Waals surface area contributed by atoms with Crippen molar-refractivity contribution in [2.24, 2.45) is 5.92 Å². The number of nitriles is 2. The number of hydrogen-bond donors (Lipinski definition) is 2. The van der Waals surface area contributed by atoms with Crippen molar-refractivity contribution >= 4 is 17.6 Å². The molecule has 0 spiro atoms. The van der Waals surface area contributed by atoms with Crippen LogP contribution in [0.1, 0.15) is 42.4 Å². The van der Waals surface area contributed by atoms with Crippen molar-refractivity contribution < 1.29 is 9.84 Å². The van der Waals surface area contributed by atoms with Crippen molar-refractivity contribution in [1.82, 2.24) is 4.98 Å². The zero-order valence-corrected chi connectivity index (χ0v) is 17.9. The molecular formula is C23H26N4O2S. The molecule has 1 aromatic carbocycles. The summed E-state index contributed by atoms with van der Waals surface area (Å²) in [7, 11) is 1.62. The minimum atomic E-state index is -0.236. The van der Waals surface area contributed by atoms with Gasteiger partial charge in [0.25, 0.3) is 0 Å². The smallest absolute Gasteiger partial charge is 0.143 e. The minimum absolute atomic E-state index is 0.126. The highest BCUT2D eigenvalue weighted by molar-refractivity contribution is 7.99. The number of hydrogen-bond acceptors (Lipinski definition) is 7. The molecule has 1 aliphatic carbocycles. The van der Waals surface area contributed by atoms with Gasteiger partial charge in [-0.05, 0) is 36.3 Å². The number of nitrogens with zero attached hydrogens (tertiary/aromatic N) is 3. The first-order valence-corrected chi connectivity index (χ1v) is 11.1. The van der Waals surface area contributed by atoms with Gasteiger partial charge in [0.15, 0.2) is 0 Å². The van der Waals surface area contributed by atoms with E-state index in [0.717, 1.165) is 43.2 Å². The minimum Gasteiger partial charge on any atom is -0.393 e. The summed E-state index contributed by atoms with van der Waals surface area (Å²) in [6.07, 6.45) is 4.77. The second-order valence-corrected chi connectivity index (χ2v) is 8.59. The van der Waals surface area contributed by atoms with E-state index in [1.54, 1.807) is 7.11 Å².